The van der Waals surface area contributed by atoms with Gasteiger partial charge < -0.3 is 0 Å². The van der Waals surface area contributed by atoms with E-state index in [4.69, 9.17) is 0 Å². The number of nitrogens with zero attached hydrogens (tertiary/aromatic N) is 2. The van der Waals surface area contributed by atoms with Crippen LogP contribution in [0.25, 0.3) is 0 Å². The molecule has 5 nitrogen and oxygen atoms in total. The highest BCUT2D eigenvalue weighted by Gasteiger charge is 2.35. The van der Waals surface area contributed by atoms with Crippen LogP contribution in [0.15, 0.2) is 17.3 Å². The third-order valence-electron chi connectivity index (χ3n) is 2.19. The molecule has 6 heteroatoms. The molecule has 0 aliphatic heterocycles. The van der Waals surface area contributed by atoms with Crippen molar-refractivity contribution in [3.05, 3.63) is 12.3 Å². The zero-order valence-electron chi connectivity index (χ0n) is 7.27. The predicted molar refractivity (Wildman–Crippen MR) is 46.6 cm³/mol. The summed E-state index contributed by atoms with van der Waals surface area (Å²) in [4.78, 5) is 0. The van der Waals surface area contributed by atoms with Gasteiger partial charge in [0.25, 0.3) is 10.0 Å². The van der Waals surface area contributed by atoms with Crippen LogP contribution in [0.4, 0.5) is 0 Å². The maximum absolute atomic E-state index is 11.7. The summed E-state index contributed by atoms with van der Waals surface area (Å²) in [6.07, 6.45) is 3.36. The van der Waals surface area contributed by atoms with Gasteiger partial charge >= 0.3 is 0 Å². The molecule has 1 aromatic heterocycles. The van der Waals surface area contributed by atoms with E-state index in [1.165, 1.54) is 16.6 Å². The molecule has 0 aromatic carbocycles. The third-order valence-corrected chi connectivity index (χ3v) is 4.03. The minimum Gasteiger partial charge on any atom is -0.266 e. The zero-order valence-corrected chi connectivity index (χ0v) is 8.08. The molecule has 0 saturated heterocycles. The maximum Gasteiger partial charge on any atom is 0.259 e. The molecule has 1 aliphatic rings. The Morgan fingerprint density at radius 2 is 2.31 bits per heavy atom. The second-order valence-electron chi connectivity index (χ2n) is 3.17. The molecule has 0 spiro atoms. The van der Waals surface area contributed by atoms with Crippen molar-refractivity contribution in [2.45, 2.75) is 23.9 Å². The summed E-state index contributed by atoms with van der Waals surface area (Å²) in [7, 11) is -1.71. The number of hydrogen-bond acceptors (Lipinski definition) is 3. The Morgan fingerprint density at radius 3 is 2.77 bits per heavy atom. The minimum absolute atomic E-state index is 0.168. The first-order chi connectivity index (χ1) is 6.12. The van der Waals surface area contributed by atoms with Crippen LogP contribution < -0.4 is 0 Å². The Morgan fingerprint density at radius 1 is 1.62 bits per heavy atom. The smallest absolute Gasteiger partial charge is 0.259 e. The van der Waals surface area contributed by atoms with Crippen LogP contribution in [0.2, 0.25) is 0 Å². The largest absolute Gasteiger partial charge is 0.266 e. The lowest BCUT2D eigenvalue weighted by molar-refractivity contribution is 0.461. The summed E-state index contributed by atoms with van der Waals surface area (Å²) in [5.41, 5.74) is 0. The summed E-state index contributed by atoms with van der Waals surface area (Å²) >= 11 is 0. The second-order valence-corrected chi connectivity index (χ2v) is 5.14. The first kappa shape index (κ1) is 8.71. The molecule has 0 unspecified atom stereocenters. The Hall–Kier alpha value is -0.880. The van der Waals surface area contributed by atoms with Gasteiger partial charge in [0.1, 0.15) is 0 Å². The van der Waals surface area contributed by atoms with Crippen LogP contribution in [0.1, 0.15) is 12.8 Å². The van der Waals surface area contributed by atoms with Gasteiger partial charge in [-0.15, -0.1) is 0 Å². The molecule has 0 amide bonds. The van der Waals surface area contributed by atoms with Gasteiger partial charge in [0.05, 0.1) is 6.20 Å². The van der Waals surface area contributed by atoms with Gasteiger partial charge in [-0.05, 0) is 18.9 Å². The number of aromatic nitrogens is 2. The third kappa shape index (κ3) is 1.47. The molecule has 72 valence electrons. The molecule has 1 aliphatic carbocycles. The molecule has 0 atom stereocenters. The molecule has 1 fully saturated rings. The molecule has 0 bridgehead atoms. The van der Waals surface area contributed by atoms with E-state index in [2.05, 4.69) is 10.2 Å². The molecule has 1 aromatic rings. The number of rotatable bonds is 3. The molecule has 1 saturated carbocycles. The average molecular weight is 201 g/mol. The van der Waals surface area contributed by atoms with Gasteiger partial charge in [-0.2, -0.15) is 9.40 Å². The highest BCUT2D eigenvalue weighted by Crippen LogP contribution is 2.29. The van der Waals surface area contributed by atoms with Crippen molar-refractivity contribution in [2.75, 3.05) is 7.05 Å². The van der Waals surface area contributed by atoms with E-state index in [-0.39, 0.29) is 11.1 Å². The van der Waals surface area contributed by atoms with Crippen LogP contribution >= 0.6 is 0 Å². The SMILES string of the molecule is CN(C1CC1)S(=O)(=O)c1ccn[nH]1. The van der Waals surface area contributed by atoms with E-state index in [0.717, 1.165) is 12.8 Å². The lowest BCUT2D eigenvalue weighted by Gasteiger charge is -2.14. The summed E-state index contributed by atoms with van der Waals surface area (Å²) < 4.78 is 24.9. The topological polar surface area (TPSA) is 66.1 Å². The number of H-pyrrole nitrogens is 1. The first-order valence-electron chi connectivity index (χ1n) is 4.10. The van der Waals surface area contributed by atoms with E-state index in [1.807, 2.05) is 0 Å². The van der Waals surface area contributed by atoms with Crippen LogP contribution in [0.5, 0.6) is 0 Å². The number of nitrogens with one attached hydrogen (secondary N) is 1. The van der Waals surface area contributed by atoms with Gasteiger partial charge in [0, 0.05) is 13.1 Å². The zero-order chi connectivity index (χ0) is 9.47. The van der Waals surface area contributed by atoms with Crippen LogP contribution in [-0.2, 0) is 10.0 Å². The van der Waals surface area contributed by atoms with Crippen LogP contribution in [-0.4, -0.2) is 36.0 Å². The van der Waals surface area contributed by atoms with Crippen molar-refractivity contribution in [2.24, 2.45) is 0 Å². The quantitative estimate of drug-likeness (QED) is 0.759. The first-order valence-corrected chi connectivity index (χ1v) is 5.54. The summed E-state index contributed by atoms with van der Waals surface area (Å²) in [5, 5.41) is 6.25. The van der Waals surface area contributed by atoms with Crippen LogP contribution in [0, 0.1) is 0 Å². The lowest BCUT2D eigenvalue weighted by atomic mass is 10.7. The van der Waals surface area contributed by atoms with Gasteiger partial charge in [-0.1, -0.05) is 0 Å². The van der Waals surface area contributed by atoms with Gasteiger partial charge in [0.2, 0.25) is 0 Å². The van der Waals surface area contributed by atoms with Crippen molar-refractivity contribution in [1.82, 2.24) is 14.5 Å². The molecular weight excluding hydrogens is 190 g/mol. The van der Waals surface area contributed by atoms with E-state index in [9.17, 15) is 8.42 Å². The fourth-order valence-electron chi connectivity index (χ4n) is 1.18. The van der Waals surface area contributed by atoms with E-state index in [1.54, 1.807) is 7.05 Å². The van der Waals surface area contributed by atoms with Crippen molar-refractivity contribution < 1.29 is 8.42 Å². The van der Waals surface area contributed by atoms with Crippen molar-refractivity contribution in [3.8, 4) is 0 Å². The summed E-state index contributed by atoms with van der Waals surface area (Å²) in [6.45, 7) is 0. The van der Waals surface area contributed by atoms with Gasteiger partial charge in [-0.25, -0.2) is 8.42 Å². The predicted octanol–water partition coefficient (Wildman–Crippen LogP) is 0.193. The Bertz CT molecular complexity index is 380. The van der Waals surface area contributed by atoms with Gasteiger partial charge in [0.15, 0.2) is 5.03 Å². The van der Waals surface area contributed by atoms with Crippen LogP contribution in [0.3, 0.4) is 0 Å². The Kier molecular flexibility index (Phi) is 1.88. The summed E-state index contributed by atoms with van der Waals surface area (Å²) in [5.74, 6) is 0. The Labute approximate surface area is 76.8 Å². The van der Waals surface area contributed by atoms with E-state index >= 15 is 0 Å². The fourth-order valence-corrected chi connectivity index (χ4v) is 2.49. The lowest BCUT2D eigenvalue weighted by Crippen LogP contribution is -2.29. The van der Waals surface area contributed by atoms with Crippen molar-refractivity contribution in [3.63, 3.8) is 0 Å². The number of aromatic amines is 1. The summed E-state index contributed by atoms with van der Waals surface area (Å²) in [6, 6.07) is 1.65. The monoisotopic (exact) mass is 201 g/mol. The molecule has 13 heavy (non-hydrogen) atoms. The van der Waals surface area contributed by atoms with E-state index < -0.39 is 10.0 Å². The van der Waals surface area contributed by atoms with E-state index in [0.29, 0.717) is 0 Å². The molecule has 2 rings (SSSR count). The van der Waals surface area contributed by atoms with Gasteiger partial charge in [-0.3, -0.25) is 5.10 Å². The number of sulfonamides is 1. The molecular formula is C7H11N3O2S. The molecule has 1 heterocycles. The highest BCUT2D eigenvalue weighted by molar-refractivity contribution is 7.89. The number of hydrogen-bond donors (Lipinski definition) is 1. The van der Waals surface area contributed by atoms with Crippen molar-refractivity contribution in [1.29, 1.82) is 0 Å². The standard InChI is InChI=1S/C7H11N3O2S/c1-10(6-2-3-6)13(11,12)7-4-5-8-9-7/h4-6H,2-3H2,1H3,(H,8,9). The normalized spacial score (nSPS) is 18.0. The molecule has 1 N–H and O–H groups in total. The average Bonchev–Trinajstić information content (AvgIpc) is 2.78. The minimum atomic E-state index is -3.32. The maximum atomic E-state index is 11.7. The fraction of sp³-hybridized carbons (Fsp3) is 0.571. The highest BCUT2D eigenvalue weighted by atomic mass is 32.2. The molecule has 0 radical (unpaired) electrons. The Balaban J connectivity index is 2.30. The second kappa shape index (κ2) is 2.81. The van der Waals surface area contributed by atoms with Crippen molar-refractivity contribution >= 4 is 10.0 Å².